The van der Waals surface area contributed by atoms with Crippen molar-refractivity contribution in [3.63, 3.8) is 0 Å². The van der Waals surface area contributed by atoms with Crippen molar-refractivity contribution < 1.29 is 19.7 Å². The van der Waals surface area contributed by atoms with E-state index < -0.39 is 23.9 Å². The second kappa shape index (κ2) is 3.28. The fraction of sp³-hybridized carbons (Fsp3) is 0.500. The minimum absolute atomic E-state index is 0.301. The first kappa shape index (κ1) is 10.2. The van der Waals surface area contributed by atoms with Crippen LogP contribution in [0, 0.1) is 0 Å². The topological polar surface area (TPSA) is 58.9 Å². The van der Waals surface area contributed by atoms with Crippen molar-refractivity contribution >= 4 is 0 Å². The lowest BCUT2D eigenvalue weighted by molar-refractivity contribution is -0.0861. The molecule has 1 heterocycles. The SMILES string of the molecule is CO[C@H]1[C@H](c2ccccc2)O[C@@H]2C(O)[C@@]21O. The molecule has 1 saturated heterocycles. The van der Waals surface area contributed by atoms with E-state index in [1.807, 2.05) is 30.3 Å². The molecule has 0 aromatic heterocycles. The summed E-state index contributed by atoms with van der Waals surface area (Å²) in [6.07, 6.45) is -2.14. The molecule has 86 valence electrons. The number of aliphatic hydroxyl groups is 2. The van der Waals surface area contributed by atoms with Gasteiger partial charge in [0.15, 0.2) is 5.60 Å². The number of fused-ring (bicyclic) bond motifs is 1. The first-order chi connectivity index (χ1) is 7.69. The third-order valence-electron chi connectivity index (χ3n) is 3.51. The average molecular weight is 222 g/mol. The largest absolute Gasteiger partial charge is 0.387 e. The minimum atomic E-state index is -1.23. The Kier molecular flexibility index (Phi) is 2.09. The van der Waals surface area contributed by atoms with Crippen LogP contribution in [0.4, 0.5) is 0 Å². The monoisotopic (exact) mass is 222 g/mol. The van der Waals surface area contributed by atoms with Crippen molar-refractivity contribution in [3.8, 4) is 0 Å². The molecule has 1 aromatic carbocycles. The quantitative estimate of drug-likeness (QED) is 0.753. The molecule has 1 unspecified atom stereocenters. The molecule has 4 heteroatoms. The van der Waals surface area contributed by atoms with Gasteiger partial charge in [0.2, 0.25) is 0 Å². The van der Waals surface area contributed by atoms with Gasteiger partial charge in [-0.2, -0.15) is 0 Å². The van der Waals surface area contributed by atoms with Crippen LogP contribution in [0.5, 0.6) is 0 Å². The fourth-order valence-electron chi connectivity index (χ4n) is 2.54. The van der Waals surface area contributed by atoms with Crippen molar-refractivity contribution in [2.45, 2.75) is 30.0 Å². The van der Waals surface area contributed by atoms with Gasteiger partial charge in [-0.25, -0.2) is 0 Å². The van der Waals surface area contributed by atoms with Crippen LogP contribution in [0.15, 0.2) is 30.3 Å². The number of rotatable bonds is 2. The summed E-state index contributed by atoms with van der Waals surface area (Å²) in [6, 6.07) is 9.60. The van der Waals surface area contributed by atoms with Gasteiger partial charge in [0.25, 0.3) is 0 Å². The molecule has 2 N–H and O–H groups in total. The number of ether oxygens (including phenoxy) is 2. The Morgan fingerprint density at radius 2 is 2.00 bits per heavy atom. The van der Waals surface area contributed by atoms with E-state index >= 15 is 0 Å². The standard InChI is InChI=1S/C12H14O4/c1-15-10-8(7-5-3-2-4-6-7)16-11-9(13)12(10,11)14/h2-6,8-11,13-14H,1H3/t8-,9?,10-,11+,12-/m0/s1. The molecule has 0 radical (unpaired) electrons. The predicted molar refractivity (Wildman–Crippen MR) is 55.8 cm³/mol. The van der Waals surface area contributed by atoms with Gasteiger partial charge in [-0.1, -0.05) is 30.3 Å². The van der Waals surface area contributed by atoms with Gasteiger partial charge >= 0.3 is 0 Å². The second-order valence-electron chi connectivity index (χ2n) is 4.38. The highest BCUT2D eigenvalue weighted by Gasteiger charge is 2.76. The lowest BCUT2D eigenvalue weighted by atomic mass is 10.00. The second-order valence-corrected chi connectivity index (χ2v) is 4.38. The van der Waals surface area contributed by atoms with E-state index in [0.717, 1.165) is 5.56 Å². The number of aliphatic hydroxyl groups excluding tert-OH is 1. The predicted octanol–water partition coefficient (Wildman–Crippen LogP) is 0.247. The Labute approximate surface area is 93.4 Å². The summed E-state index contributed by atoms with van der Waals surface area (Å²) in [5.74, 6) is 0. The summed E-state index contributed by atoms with van der Waals surface area (Å²) in [4.78, 5) is 0. The summed E-state index contributed by atoms with van der Waals surface area (Å²) in [5.41, 5.74) is -0.267. The van der Waals surface area contributed by atoms with Crippen LogP contribution in [0.3, 0.4) is 0 Å². The molecule has 5 atom stereocenters. The van der Waals surface area contributed by atoms with E-state index in [-0.39, 0.29) is 6.10 Å². The summed E-state index contributed by atoms with van der Waals surface area (Å²) >= 11 is 0. The van der Waals surface area contributed by atoms with Crippen molar-refractivity contribution in [1.82, 2.24) is 0 Å². The van der Waals surface area contributed by atoms with Gasteiger partial charge in [-0.3, -0.25) is 0 Å². The molecule has 3 rings (SSSR count). The Morgan fingerprint density at radius 3 is 2.62 bits per heavy atom. The van der Waals surface area contributed by atoms with E-state index in [4.69, 9.17) is 9.47 Å². The van der Waals surface area contributed by atoms with Crippen LogP contribution >= 0.6 is 0 Å². The molecular formula is C12H14O4. The first-order valence-electron chi connectivity index (χ1n) is 5.33. The Hall–Kier alpha value is -0.940. The highest BCUT2D eigenvalue weighted by atomic mass is 16.6. The normalized spacial score (nSPS) is 45.4. The zero-order valence-corrected chi connectivity index (χ0v) is 8.91. The smallest absolute Gasteiger partial charge is 0.151 e. The zero-order valence-electron chi connectivity index (χ0n) is 8.91. The molecule has 2 aliphatic rings. The van der Waals surface area contributed by atoms with Gasteiger partial charge in [-0.05, 0) is 5.56 Å². The Balaban J connectivity index is 1.90. The van der Waals surface area contributed by atoms with E-state index in [0.29, 0.717) is 0 Å². The molecule has 1 saturated carbocycles. The maximum absolute atomic E-state index is 10.1. The van der Waals surface area contributed by atoms with Gasteiger partial charge in [0.05, 0.1) is 0 Å². The van der Waals surface area contributed by atoms with Crippen molar-refractivity contribution in [3.05, 3.63) is 35.9 Å². The van der Waals surface area contributed by atoms with Gasteiger partial charge in [0, 0.05) is 7.11 Å². The molecule has 2 fully saturated rings. The molecule has 1 aliphatic heterocycles. The minimum Gasteiger partial charge on any atom is -0.387 e. The lowest BCUT2D eigenvalue weighted by Crippen LogP contribution is -2.36. The highest BCUT2D eigenvalue weighted by Crippen LogP contribution is 2.55. The molecule has 0 spiro atoms. The van der Waals surface area contributed by atoms with Gasteiger partial charge in [0.1, 0.15) is 24.4 Å². The maximum atomic E-state index is 10.1. The van der Waals surface area contributed by atoms with E-state index in [1.54, 1.807) is 0 Å². The highest BCUT2D eigenvalue weighted by molar-refractivity contribution is 5.31. The molecule has 0 amide bonds. The average Bonchev–Trinajstić information content (AvgIpc) is 2.72. The Morgan fingerprint density at radius 1 is 1.31 bits per heavy atom. The summed E-state index contributed by atoms with van der Waals surface area (Å²) in [7, 11) is 1.52. The molecule has 0 bridgehead atoms. The maximum Gasteiger partial charge on any atom is 0.151 e. The molecule has 4 nitrogen and oxygen atoms in total. The summed E-state index contributed by atoms with van der Waals surface area (Å²) < 4.78 is 10.9. The third-order valence-corrected chi connectivity index (χ3v) is 3.51. The summed E-state index contributed by atoms with van der Waals surface area (Å²) in [6.45, 7) is 0. The summed E-state index contributed by atoms with van der Waals surface area (Å²) in [5, 5.41) is 19.6. The molecular weight excluding hydrogens is 208 g/mol. The van der Waals surface area contributed by atoms with Crippen LogP contribution < -0.4 is 0 Å². The van der Waals surface area contributed by atoms with Crippen LogP contribution in [0.2, 0.25) is 0 Å². The van der Waals surface area contributed by atoms with E-state index in [1.165, 1.54) is 7.11 Å². The van der Waals surface area contributed by atoms with Gasteiger partial charge in [-0.15, -0.1) is 0 Å². The number of benzene rings is 1. The lowest BCUT2D eigenvalue weighted by Gasteiger charge is -2.24. The van der Waals surface area contributed by atoms with E-state index in [2.05, 4.69) is 0 Å². The van der Waals surface area contributed by atoms with E-state index in [9.17, 15) is 10.2 Å². The van der Waals surface area contributed by atoms with Gasteiger partial charge < -0.3 is 19.7 Å². The molecule has 16 heavy (non-hydrogen) atoms. The third kappa shape index (κ3) is 1.13. The molecule has 1 aliphatic carbocycles. The fourth-order valence-corrected chi connectivity index (χ4v) is 2.54. The van der Waals surface area contributed by atoms with Crippen LogP contribution in [0.25, 0.3) is 0 Å². The van der Waals surface area contributed by atoms with Crippen LogP contribution in [-0.4, -0.2) is 41.2 Å². The Bertz CT molecular complexity index is 393. The van der Waals surface area contributed by atoms with Crippen LogP contribution in [-0.2, 0) is 9.47 Å². The number of methoxy groups -OCH3 is 1. The molecule has 1 aromatic rings. The number of hydrogen-bond acceptors (Lipinski definition) is 4. The number of hydrogen-bond donors (Lipinski definition) is 2. The van der Waals surface area contributed by atoms with Crippen molar-refractivity contribution in [1.29, 1.82) is 0 Å². The van der Waals surface area contributed by atoms with Crippen molar-refractivity contribution in [2.75, 3.05) is 7.11 Å². The zero-order chi connectivity index (χ0) is 11.3. The van der Waals surface area contributed by atoms with Crippen LogP contribution in [0.1, 0.15) is 11.7 Å². The first-order valence-corrected chi connectivity index (χ1v) is 5.33. The van der Waals surface area contributed by atoms with Crippen molar-refractivity contribution in [2.24, 2.45) is 0 Å².